The molecular weight excluding hydrogens is 328 g/mol. The first kappa shape index (κ1) is 20.4. The predicted molar refractivity (Wildman–Crippen MR) is 93.7 cm³/mol. The van der Waals surface area contributed by atoms with Crippen molar-refractivity contribution >= 4 is 23.2 Å². The topological polar surface area (TPSA) is 114 Å². The number of hydrogen-bond donors (Lipinski definition) is 2. The molecule has 138 valence electrons. The molecule has 1 aromatic rings. The van der Waals surface area contributed by atoms with Crippen LogP contribution in [0.15, 0.2) is 18.2 Å². The lowest BCUT2D eigenvalue weighted by Gasteiger charge is -2.23. The summed E-state index contributed by atoms with van der Waals surface area (Å²) in [5.41, 5.74) is 0.196. The summed E-state index contributed by atoms with van der Waals surface area (Å²) in [5, 5.41) is 16.2. The number of methoxy groups -OCH3 is 1. The van der Waals surface area contributed by atoms with E-state index in [-0.39, 0.29) is 29.8 Å². The Bertz CT molecular complexity index is 635. The molecule has 0 aromatic heterocycles. The fourth-order valence-corrected chi connectivity index (χ4v) is 2.02. The number of likely N-dealkylation sites (N-methyl/N-ethyl adjacent to an activating group) is 1. The van der Waals surface area contributed by atoms with Crippen molar-refractivity contribution in [2.75, 3.05) is 32.6 Å². The first-order valence-electron chi connectivity index (χ1n) is 7.90. The molecule has 2 N–H and O–H groups in total. The van der Waals surface area contributed by atoms with Gasteiger partial charge in [-0.2, -0.15) is 0 Å². The van der Waals surface area contributed by atoms with E-state index in [0.29, 0.717) is 12.2 Å². The van der Waals surface area contributed by atoms with Gasteiger partial charge in [-0.25, -0.2) is 0 Å². The van der Waals surface area contributed by atoms with Crippen molar-refractivity contribution in [1.82, 2.24) is 10.2 Å². The van der Waals surface area contributed by atoms with Crippen LogP contribution in [0.1, 0.15) is 20.3 Å². The molecule has 0 saturated heterocycles. The highest BCUT2D eigenvalue weighted by Crippen LogP contribution is 2.29. The zero-order valence-corrected chi connectivity index (χ0v) is 14.9. The van der Waals surface area contributed by atoms with Gasteiger partial charge in [-0.3, -0.25) is 24.6 Å². The second kappa shape index (κ2) is 9.58. The summed E-state index contributed by atoms with van der Waals surface area (Å²) in [6.07, 6.45) is 0.839. The molecule has 0 heterocycles. The molecule has 1 atom stereocenters. The first-order valence-corrected chi connectivity index (χ1v) is 7.90. The summed E-state index contributed by atoms with van der Waals surface area (Å²) in [6.45, 7) is 4.30. The normalized spacial score (nSPS) is 11.7. The number of nitrogens with one attached hydrogen (secondary N) is 2. The zero-order valence-electron chi connectivity index (χ0n) is 14.9. The SMILES string of the molecule is CCCNC(=O)CN(C)[C@H](C)C(=O)Nc1ccc([N+](=O)[O-])cc1OC. The van der Waals surface area contributed by atoms with Crippen LogP contribution in [0.3, 0.4) is 0 Å². The Morgan fingerprint density at radius 2 is 2.08 bits per heavy atom. The molecule has 1 rings (SSSR count). The average molecular weight is 352 g/mol. The summed E-state index contributed by atoms with van der Waals surface area (Å²) in [4.78, 5) is 36.0. The maximum absolute atomic E-state index is 12.4. The van der Waals surface area contributed by atoms with Gasteiger partial charge in [-0.15, -0.1) is 0 Å². The van der Waals surface area contributed by atoms with Crippen LogP contribution in [-0.4, -0.2) is 54.9 Å². The van der Waals surface area contributed by atoms with Gasteiger partial charge in [0.05, 0.1) is 36.4 Å². The van der Waals surface area contributed by atoms with Gasteiger partial charge in [-0.1, -0.05) is 6.92 Å². The van der Waals surface area contributed by atoms with Gasteiger partial charge in [0.15, 0.2) is 0 Å². The minimum absolute atomic E-state index is 0.0893. The molecule has 0 aliphatic heterocycles. The minimum atomic E-state index is -0.577. The number of carbonyl (C=O) groups excluding carboxylic acids is 2. The molecule has 0 radical (unpaired) electrons. The summed E-state index contributed by atoms with van der Waals surface area (Å²) in [7, 11) is 3.03. The number of rotatable bonds is 9. The lowest BCUT2D eigenvalue weighted by atomic mass is 10.2. The van der Waals surface area contributed by atoms with E-state index in [1.165, 1.54) is 25.3 Å². The summed E-state index contributed by atoms with van der Waals surface area (Å²) >= 11 is 0. The molecule has 0 spiro atoms. The van der Waals surface area contributed by atoms with Crippen LogP contribution < -0.4 is 15.4 Å². The first-order chi connectivity index (χ1) is 11.8. The van der Waals surface area contributed by atoms with E-state index in [2.05, 4.69) is 10.6 Å². The third kappa shape index (κ3) is 6.03. The van der Waals surface area contributed by atoms with Crippen LogP contribution >= 0.6 is 0 Å². The molecular formula is C16H24N4O5. The second-order valence-corrected chi connectivity index (χ2v) is 5.57. The maximum atomic E-state index is 12.4. The van der Waals surface area contributed by atoms with E-state index in [4.69, 9.17) is 4.74 Å². The molecule has 9 heteroatoms. The predicted octanol–water partition coefficient (Wildman–Crippen LogP) is 1.39. The summed E-state index contributed by atoms with van der Waals surface area (Å²) in [6, 6.07) is 3.36. The highest BCUT2D eigenvalue weighted by atomic mass is 16.6. The number of benzene rings is 1. The van der Waals surface area contributed by atoms with Crippen LogP contribution in [0.2, 0.25) is 0 Å². The molecule has 2 amide bonds. The van der Waals surface area contributed by atoms with Crippen molar-refractivity contribution in [3.05, 3.63) is 28.3 Å². The smallest absolute Gasteiger partial charge is 0.273 e. The standard InChI is InChI=1S/C16H24N4O5/c1-5-8-17-15(21)10-19(3)11(2)16(22)18-13-7-6-12(20(23)24)9-14(13)25-4/h6-7,9,11H,5,8,10H2,1-4H3,(H,17,21)(H,18,22)/t11-/m1/s1. The van der Waals surface area contributed by atoms with E-state index in [9.17, 15) is 19.7 Å². The monoisotopic (exact) mass is 352 g/mol. The van der Waals surface area contributed by atoms with E-state index >= 15 is 0 Å². The third-order valence-corrected chi connectivity index (χ3v) is 3.66. The molecule has 9 nitrogen and oxygen atoms in total. The van der Waals surface area contributed by atoms with E-state index < -0.39 is 11.0 Å². The number of nitro benzene ring substituents is 1. The Kier molecular flexibility index (Phi) is 7.80. The molecule has 0 bridgehead atoms. The van der Waals surface area contributed by atoms with Gasteiger partial charge >= 0.3 is 0 Å². The van der Waals surface area contributed by atoms with Crippen molar-refractivity contribution in [1.29, 1.82) is 0 Å². The molecule has 0 aliphatic rings. The fraction of sp³-hybridized carbons (Fsp3) is 0.500. The summed E-state index contributed by atoms with van der Waals surface area (Å²) in [5.74, 6) is -0.312. The number of ether oxygens (including phenoxy) is 1. The number of hydrogen-bond acceptors (Lipinski definition) is 6. The minimum Gasteiger partial charge on any atom is -0.494 e. The van der Waals surface area contributed by atoms with E-state index in [0.717, 1.165) is 6.42 Å². The Labute approximate surface area is 146 Å². The highest BCUT2D eigenvalue weighted by Gasteiger charge is 2.22. The van der Waals surface area contributed by atoms with Crippen molar-refractivity contribution in [2.45, 2.75) is 26.3 Å². The van der Waals surface area contributed by atoms with Crippen molar-refractivity contribution in [3.8, 4) is 5.75 Å². The Morgan fingerprint density at radius 3 is 2.64 bits per heavy atom. The van der Waals surface area contributed by atoms with Crippen LogP contribution in [0.4, 0.5) is 11.4 Å². The van der Waals surface area contributed by atoms with Crippen LogP contribution in [-0.2, 0) is 9.59 Å². The number of carbonyl (C=O) groups is 2. The van der Waals surface area contributed by atoms with Crippen molar-refractivity contribution < 1.29 is 19.2 Å². The highest BCUT2D eigenvalue weighted by molar-refractivity contribution is 5.96. The van der Waals surface area contributed by atoms with Crippen LogP contribution in [0.5, 0.6) is 5.75 Å². The molecule has 0 saturated carbocycles. The molecule has 0 unspecified atom stereocenters. The molecule has 1 aromatic carbocycles. The quantitative estimate of drug-likeness (QED) is 0.513. The van der Waals surface area contributed by atoms with Crippen LogP contribution in [0, 0.1) is 10.1 Å². The fourth-order valence-electron chi connectivity index (χ4n) is 2.02. The number of nitrogens with zero attached hydrogens (tertiary/aromatic N) is 2. The van der Waals surface area contributed by atoms with Crippen molar-refractivity contribution in [2.24, 2.45) is 0 Å². The molecule has 0 aliphatic carbocycles. The molecule has 25 heavy (non-hydrogen) atoms. The summed E-state index contributed by atoms with van der Waals surface area (Å²) < 4.78 is 5.09. The van der Waals surface area contributed by atoms with Crippen molar-refractivity contribution in [3.63, 3.8) is 0 Å². The number of amides is 2. The lowest BCUT2D eigenvalue weighted by Crippen LogP contribution is -2.44. The Balaban J connectivity index is 2.74. The largest absolute Gasteiger partial charge is 0.494 e. The van der Waals surface area contributed by atoms with E-state index in [1.54, 1.807) is 18.9 Å². The molecule has 0 fully saturated rings. The second-order valence-electron chi connectivity index (χ2n) is 5.57. The van der Waals surface area contributed by atoms with Crippen LogP contribution in [0.25, 0.3) is 0 Å². The number of nitro groups is 1. The average Bonchev–Trinajstić information content (AvgIpc) is 2.59. The zero-order chi connectivity index (χ0) is 19.0. The van der Waals surface area contributed by atoms with Gasteiger partial charge in [0.1, 0.15) is 5.75 Å². The van der Waals surface area contributed by atoms with Gasteiger partial charge in [0.2, 0.25) is 11.8 Å². The number of non-ortho nitro benzene ring substituents is 1. The van der Waals surface area contributed by atoms with Gasteiger partial charge in [0.25, 0.3) is 5.69 Å². The van der Waals surface area contributed by atoms with Gasteiger partial charge in [-0.05, 0) is 26.5 Å². The van der Waals surface area contributed by atoms with Gasteiger partial charge in [0, 0.05) is 12.6 Å². The number of anilines is 1. The lowest BCUT2D eigenvalue weighted by molar-refractivity contribution is -0.384. The van der Waals surface area contributed by atoms with Gasteiger partial charge < -0.3 is 15.4 Å². The third-order valence-electron chi connectivity index (χ3n) is 3.66. The maximum Gasteiger partial charge on any atom is 0.273 e. The van der Waals surface area contributed by atoms with E-state index in [1.807, 2.05) is 6.92 Å². The Morgan fingerprint density at radius 1 is 1.40 bits per heavy atom. The Hall–Kier alpha value is -2.68.